The van der Waals surface area contributed by atoms with Crippen LogP contribution in [0.3, 0.4) is 0 Å². The van der Waals surface area contributed by atoms with Gasteiger partial charge in [-0.3, -0.25) is 9.59 Å². The Labute approximate surface area is 140 Å². The van der Waals surface area contributed by atoms with Crippen LogP contribution in [0.2, 0.25) is 0 Å². The number of nitrogens with zero attached hydrogens (tertiary/aromatic N) is 1. The van der Waals surface area contributed by atoms with Crippen LogP contribution in [0.5, 0.6) is 0 Å². The highest BCUT2D eigenvalue weighted by Gasteiger charge is 2.21. The molecule has 1 N–H and O–H groups in total. The first-order valence-electron chi connectivity index (χ1n) is 7.10. The molecule has 3 heterocycles. The molecule has 0 aromatic carbocycles. The molecule has 3 aromatic rings. The molecule has 0 aliphatic rings. The van der Waals surface area contributed by atoms with Crippen molar-refractivity contribution in [3.8, 4) is 0 Å². The number of furan rings is 1. The van der Waals surface area contributed by atoms with Gasteiger partial charge in [-0.05, 0) is 25.5 Å². The van der Waals surface area contributed by atoms with Crippen LogP contribution in [0.4, 0.5) is 0 Å². The third kappa shape index (κ3) is 2.65. The number of rotatable bonds is 4. The number of aromatic amines is 1. The fraction of sp³-hybridized carbons (Fsp3) is 0.250. The summed E-state index contributed by atoms with van der Waals surface area (Å²) in [6, 6.07) is 1.58. The monoisotopic (exact) mass is 346 g/mol. The van der Waals surface area contributed by atoms with E-state index in [1.807, 2.05) is 0 Å². The number of ketones is 1. The van der Waals surface area contributed by atoms with E-state index < -0.39 is 5.97 Å². The van der Waals surface area contributed by atoms with Gasteiger partial charge in [-0.1, -0.05) is 0 Å². The summed E-state index contributed by atoms with van der Waals surface area (Å²) in [5.41, 5.74) is 0.602. The molecule has 0 radical (unpaired) electrons. The Morgan fingerprint density at radius 3 is 2.75 bits per heavy atom. The van der Waals surface area contributed by atoms with Crippen LogP contribution in [0, 0.1) is 13.8 Å². The van der Waals surface area contributed by atoms with Gasteiger partial charge in [0, 0.05) is 0 Å². The lowest BCUT2D eigenvalue weighted by atomic mass is 10.1. The smallest absolute Gasteiger partial charge is 0.348 e. The van der Waals surface area contributed by atoms with Gasteiger partial charge in [0.1, 0.15) is 21.3 Å². The lowest BCUT2D eigenvalue weighted by Crippen LogP contribution is -2.15. The SMILES string of the molecule is COC(=O)c1sc2nc(CC(=O)c3ccoc3C)[nH]c(=O)c2c1C. The van der Waals surface area contributed by atoms with Gasteiger partial charge in [-0.2, -0.15) is 0 Å². The number of nitrogens with one attached hydrogen (secondary N) is 1. The Balaban J connectivity index is 2.02. The van der Waals surface area contributed by atoms with Crippen molar-refractivity contribution in [2.75, 3.05) is 7.11 Å². The minimum atomic E-state index is -0.512. The number of ether oxygens (including phenoxy) is 1. The first kappa shape index (κ1) is 16.1. The van der Waals surface area contributed by atoms with E-state index >= 15 is 0 Å². The molecule has 3 rings (SSSR count). The molecular formula is C16H14N2O5S. The summed E-state index contributed by atoms with van der Waals surface area (Å²) in [5.74, 6) is 0.0471. The van der Waals surface area contributed by atoms with E-state index in [1.165, 1.54) is 13.4 Å². The molecular weight excluding hydrogens is 332 g/mol. The van der Waals surface area contributed by atoms with Gasteiger partial charge in [0.15, 0.2) is 5.78 Å². The van der Waals surface area contributed by atoms with Crippen LogP contribution in [0.1, 0.15) is 37.2 Å². The summed E-state index contributed by atoms with van der Waals surface area (Å²) >= 11 is 1.08. The highest BCUT2D eigenvalue weighted by Crippen LogP contribution is 2.27. The van der Waals surface area contributed by atoms with E-state index in [1.54, 1.807) is 19.9 Å². The second-order valence-electron chi connectivity index (χ2n) is 5.23. The molecule has 0 fully saturated rings. The molecule has 8 heteroatoms. The van der Waals surface area contributed by atoms with Crippen molar-refractivity contribution in [3.05, 3.63) is 50.3 Å². The standard InChI is InChI=1S/C16H14N2O5S/c1-7-12-14(20)17-11(6-10(19)9-4-5-23-8(9)2)18-15(12)24-13(7)16(21)22-3/h4-5H,6H2,1-3H3,(H,17,18,20). The number of aryl methyl sites for hydroxylation is 2. The van der Waals surface area contributed by atoms with E-state index in [-0.39, 0.29) is 23.6 Å². The number of carbonyl (C=O) groups is 2. The second kappa shape index (κ2) is 6.04. The van der Waals surface area contributed by atoms with Crippen molar-refractivity contribution in [2.45, 2.75) is 20.3 Å². The van der Waals surface area contributed by atoms with Crippen molar-refractivity contribution < 1.29 is 18.7 Å². The number of methoxy groups -OCH3 is 1. The molecule has 124 valence electrons. The number of esters is 1. The predicted octanol–water partition coefficient (Wildman–Crippen LogP) is 2.41. The van der Waals surface area contributed by atoms with Gasteiger partial charge < -0.3 is 14.1 Å². The highest BCUT2D eigenvalue weighted by atomic mass is 32.1. The molecule has 0 spiro atoms. The normalized spacial score (nSPS) is 11.0. The van der Waals surface area contributed by atoms with Crippen LogP contribution < -0.4 is 5.56 Å². The van der Waals surface area contributed by atoms with E-state index in [0.717, 1.165) is 11.3 Å². The lowest BCUT2D eigenvalue weighted by Gasteiger charge is -2.00. The molecule has 3 aromatic heterocycles. The lowest BCUT2D eigenvalue weighted by molar-refractivity contribution is 0.0605. The van der Waals surface area contributed by atoms with Crippen LogP contribution in [0.25, 0.3) is 10.2 Å². The van der Waals surface area contributed by atoms with Crippen molar-refractivity contribution in [1.29, 1.82) is 0 Å². The van der Waals surface area contributed by atoms with E-state index in [0.29, 0.717) is 32.0 Å². The van der Waals surface area contributed by atoms with Crippen LogP contribution in [0.15, 0.2) is 21.5 Å². The van der Waals surface area contributed by atoms with Crippen LogP contribution in [-0.2, 0) is 11.2 Å². The second-order valence-corrected chi connectivity index (χ2v) is 6.23. The minimum Gasteiger partial charge on any atom is -0.469 e. The van der Waals surface area contributed by atoms with Crippen molar-refractivity contribution in [2.24, 2.45) is 0 Å². The van der Waals surface area contributed by atoms with E-state index in [4.69, 9.17) is 9.15 Å². The van der Waals surface area contributed by atoms with E-state index in [9.17, 15) is 14.4 Å². The third-order valence-corrected chi connectivity index (χ3v) is 4.87. The highest BCUT2D eigenvalue weighted by molar-refractivity contribution is 7.20. The maximum absolute atomic E-state index is 12.3. The van der Waals surface area contributed by atoms with Crippen molar-refractivity contribution >= 4 is 33.3 Å². The number of fused-ring (bicyclic) bond motifs is 1. The maximum atomic E-state index is 12.3. The molecule has 0 aliphatic carbocycles. The first-order chi connectivity index (χ1) is 11.4. The molecule has 7 nitrogen and oxygen atoms in total. The minimum absolute atomic E-state index is 0.0595. The molecule has 0 bridgehead atoms. The Hall–Kier alpha value is -2.74. The topological polar surface area (TPSA) is 102 Å². The Bertz CT molecular complexity index is 1010. The summed E-state index contributed by atoms with van der Waals surface area (Å²) in [4.78, 5) is 44.0. The molecule has 0 atom stereocenters. The number of thiophene rings is 1. The third-order valence-electron chi connectivity index (χ3n) is 3.71. The van der Waals surface area contributed by atoms with Crippen molar-refractivity contribution in [1.82, 2.24) is 9.97 Å². The molecule has 0 unspecified atom stereocenters. The average Bonchev–Trinajstić information content (AvgIpc) is 3.10. The zero-order chi connectivity index (χ0) is 17.4. The summed E-state index contributed by atoms with van der Waals surface area (Å²) in [6.45, 7) is 3.36. The van der Waals surface area contributed by atoms with E-state index in [2.05, 4.69) is 9.97 Å². The van der Waals surface area contributed by atoms with Gasteiger partial charge in [-0.15, -0.1) is 11.3 Å². The number of hydrogen-bond acceptors (Lipinski definition) is 7. The fourth-order valence-corrected chi connectivity index (χ4v) is 3.60. The Morgan fingerprint density at radius 1 is 1.38 bits per heavy atom. The summed E-state index contributed by atoms with van der Waals surface area (Å²) in [6.07, 6.45) is 1.38. The van der Waals surface area contributed by atoms with Gasteiger partial charge in [0.05, 0.1) is 30.7 Å². The summed E-state index contributed by atoms with van der Waals surface area (Å²) < 4.78 is 9.82. The molecule has 0 saturated heterocycles. The zero-order valence-electron chi connectivity index (χ0n) is 13.3. The summed E-state index contributed by atoms with van der Waals surface area (Å²) in [5, 5.41) is 0.344. The van der Waals surface area contributed by atoms with Gasteiger partial charge in [0.2, 0.25) is 0 Å². The maximum Gasteiger partial charge on any atom is 0.348 e. The molecule has 0 saturated carbocycles. The average molecular weight is 346 g/mol. The van der Waals surface area contributed by atoms with Gasteiger partial charge >= 0.3 is 5.97 Å². The van der Waals surface area contributed by atoms with Crippen LogP contribution >= 0.6 is 11.3 Å². The largest absolute Gasteiger partial charge is 0.469 e. The Morgan fingerprint density at radius 2 is 2.12 bits per heavy atom. The van der Waals surface area contributed by atoms with Crippen LogP contribution in [-0.4, -0.2) is 28.8 Å². The quantitative estimate of drug-likeness (QED) is 0.575. The summed E-state index contributed by atoms with van der Waals surface area (Å²) in [7, 11) is 1.28. The molecule has 24 heavy (non-hydrogen) atoms. The number of hydrogen-bond donors (Lipinski definition) is 1. The Kier molecular flexibility index (Phi) is 4.06. The number of aromatic nitrogens is 2. The number of Topliss-reactive ketones (excluding diaryl/α,β-unsaturated/α-hetero) is 1. The predicted molar refractivity (Wildman–Crippen MR) is 87.8 cm³/mol. The van der Waals surface area contributed by atoms with Crippen molar-refractivity contribution in [3.63, 3.8) is 0 Å². The van der Waals surface area contributed by atoms with Gasteiger partial charge in [0.25, 0.3) is 5.56 Å². The first-order valence-corrected chi connectivity index (χ1v) is 7.92. The molecule has 0 amide bonds. The number of H-pyrrole nitrogens is 1. The number of carbonyl (C=O) groups excluding carboxylic acids is 2. The fourth-order valence-electron chi connectivity index (χ4n) is 2.48. The molecule has 0 aliphatic heterocycles. The zero-order valence-corrected chi connectivity index (χ0v) is 14.1. The van der Waals surface area contributed by atoms with Gasteiger partial charge in [-0.25, -0.2) is 9.78 Å².